The Labute approximate surface area is 183 Å². The number of hydrogen-bond acceptors (Lipinski definition) is 5. The lowest BCUT2D eigenvalue weighted by molar-refractivity contribution is -0.128. The molecule has 2 aromatic heterocycles. The summed E-state index contributed by atoms with van der Waals surface area (Å²) in [6.45, 7) is 0.485. The summed E-state index contributed by atoms with van der Waals surface area (Å²) in [7, 11) is 0. The number of carbonyl (C=O) groups is 1. The largest absolute Gasteiger partial charge is 0.472 e. The van der Waals surface area contributed by atoms with Gasteiger partial charge in [-0.05, 0) is 54.4 Å². The highest BCUT2D eigenvalue weighted by Crippen LogP contribution is 2.35. The van der Waals surface area contributed by atoms with Crippen LogP contribution in [0.4, 0.5) is 10.1 Å². The molecule has 7 nitrogen and oxygen atoms in total. The summed E-state index contributed by atoms with van der Waals surface area (Å²) in [6, 6.07) is 15.4. The Morgan fingerprint density at radius 3 is 2.59 bits per heavy atom. The van der Waals surface area contributed by atoms with Gasteiger partial charge in [0.05, 0.1) is 18.2 Å². The summed E-state index contributed by atoms with van der Waals surface area (Å²) in [5, 5.41) is 4.69. The van der Waals surface area contributed by atoms with Crippen LogP contribution in [0.25, 0.3) is 16.9 Å². The summed E-state index contributed by atoms with van der Waals surface area (Å²) < 4.78 is 26.2. The number of ether oxygens (including phenoxy) is 1. The third kappa shape index (κ3) is 3.88. The summed E-state index contributed by atoms with van der Waals surface area (Å²) >= 11 is 0. The van der Waals surface area contributed by atoms with Crippen LogP contribution in [0.15, 0.2) is 77.7 Å². The maximum atomic E-state index is 13.4. The number of hydrogen-bond donors (Lipinski definition) is 1. The molecule has 0 spiro atoms. The zero-order valence-electron chi connectivity index (χ0n) is 17.1. The molecule has 3 heterocycles. The van der Waals surface area contributed by atoms with Gasteiger partial charge in [0.15, 0.2) is 6.23 Å². The molecule has 0 bridgehead atoms. The van der Waals surface area contributed by atoms with Gasteiger partial charge >= 0.3 is 0 Å². The minimum absolute atomic E-state index is 0.00103. The second-order valence-corrected chi connectivity index (χ2v) is 7.61. The monoisotopic (exact) mass is 432 g/mol. The maximum absolute atomic E-state index is 13.4. The molecule has 0 saturated carbocycles. The first-order valence-corrected chi connectivity index (χ1v) is 10.2. The van der Waals surface area contributed by atoms with Crippen LogP contribution in [0.2, 0.25) is 0 Å². The number of halogens is 1. The van der Waals surface area contributed by atoms with Gasteiger partial charge in [0.25, 0.3) is 5.91 Å². The van der Waals surface area contributed by atoms with E-state index in [2.05, 4.69) is 5.10 Å². The van der Waals surface area contributed by atoms with Crippen LogP contribution in [-0.2, 0) is 16.0 Å². The van der Waals surface area contributed by atoms with Crippen LogP contribution in [0.1, 0.15) is 17.4 Å². The van der Waals surface area contributed by atoms with E-state index in [-0.39, 0.29) is 18.3 Å². The van der Waals surface area contributed by atoms with Gasteiger partial charge in [-0.1, -0.05) is 12.1 Å². The second-order valence-electron chi connectivity index (χ2n) is 7.61. The summed E-state index contributed by atoms with van der Waals surface area (Å²) in [5.41, 5.74) is 10.4. The zero-order chi connectivity index (χ0) is 22.1. The van der Waals surface area contributed by atoms with E-state index < -0.39 is 6.23 Å². The van der Waals surface area contributed by atoms with E-state index in [9.17, 15) is 9.18 Å². The Kier molecular flexibility index (Phi) is 5.20. The van der Waals surface area contributed by atoms with Crippen LogP contribution in [-0.4, -0.2) is 33.7 Å². The van der Waals surface area contributed by atoms with Gasteiger partial charge in [-0.15, -0.1) is 0 Å². The number of amides is 1. The molecular formula is C24H21FN4O3. The Balaban J connectivity index is 1.48. The van der Waals surface area contributed by atoms with Gasteiger partial charge in [0.1, 0.15) is 18.1 Å². The molecule has 162 valence electrons. The SMILES string of the molecule is Nc1ccc(CCN2C(=O)COC2c2cn(-c3ccc(F)cc3)nc2-c2ccoc2)cc1. The molecule has 1 aliphatic rings. The number of aromatic nitrogens is 2. The fourth-order valence-corrected chi connectivity index (χ4v) is 3.81. The molecule has 1 saturated heterocycles. The van der Waals surface area contributed by atoms with Crippen LogP contribution in [0, 0.1) is 5.82 Å². The third-order valence-corrected chi connectivity index (χ3v) is 5.48. The second kappa shape index (κ2) is 8.32. The van der Waals surface area contributed by atoms with E-state index >= 15 is 0 Å². The van der Waals surface area contributed by atoms with Gasteiger partial charge in [0.2, 0.25) is 0 Å². The lowest BCUT2D eigenvalue weighted by Crippen LogP contribution is -2.30. The van der Waals surface area contributed by atoms with E-state index in [0.29, 0.717) is 30.0 Å². The molecule has 4 aromatic rings. The number of nitrogen functional groups attached to an aromatic ring is 1. The normalized spacial score (nSPS) is 16.1. The number of anilines is 1. The highest BCUT2D eigenvalue weighted by Gasteiger charge is 2.36. The molecule has 1 atom stereocenters. The molecule has 1 unspecified atom stereocenters. The fraction of sp³-hybridized carbons (Fsp3) is 0.167. The van der Waals surface area contributed by atoms with Gasteiger partial charge in [0, 0.05) is 29.6 Å². The Morgan fingerprint density at radius 1 is 1.09 bits per heavy atom. The molecule has 8 heteroatoms. The standard InChI is InChI=1S/C24H21FN4O3/c25-18-3-7-20(8-4-18)29-13-21(23(27-29)17-10-12-31-14-17)24-28(22(30)15-32-24)11-9-16-1-5-19(26)6-2-16/h1-8,10,12-14,24H,9,11,15,26H2. The molecule has 1 aliphatic heterocycles. The highest BCUT2D eigenvalue weighted by atomic mass is 19.1. The number of nitrogens with two attached hydrogens (primary N) is 1. The van der Waals surface area contributed by atoms with Crippen molar-refractivity contribution in [1.29, 1.82) is 0 Å². The van der Waals surface area contributed by atoms with Crippen molar-refractivity contribution in [2.75, 3.05) is 18.9 Å². The van der Waals surface area contributed by atoms with Gasteiger partial charge < -0.3 is 19.8 Å². The van der Waals surface area contributed by atoms with Crippen LogP contribution >= 0.6 is 0 Å². The van der Waals surface area contributed by atoms with E-state index in [0.717, 1.165) is 16.7 Å². The quantitative estimate of drug-likeness (QED) is 0.466. The third-order valence-electron chi connectivity index (χ3n) is 5.48. The zero-order valence-corrected chi connectivity index (χ0v) is 17.1. The molecule has 0 radical (unpaired) electrons. The highest BCUT2D eigenvalue weighted by molar-refractivity contribution is 5.80. The Hall–Kier alpha value is -3.91. The lowest BCUT2D eigenvalue weighted by atomic mass is 10.1. The number of rotatable bonds is 6. The lowest BCUT2D eigenvalue weighted by Gasteiger charge is -2.23. The van der Waals surface area contributed by atoms with Crippen molar-refractivity contribution in [3.63, 3.8) is 0 Å². The summed E-state index contributed by atoms with van der Waals surface area (Å²) in [4.78, 5) is 14.4. The first kappa shape index (κ1) is 20.0. The van der Waals surface area contributed by atoms with Gasteiger partial charge in [-0.25, -0.2) is 9.07 Å². The minimum Gasteiger partial charge on any atom is -0.472 e. The molecule has 0 aliphatic carbocycles. The minimum atomic E-state index is -0.588. The molecule has 1 amide bonds. The average Bonchev–Trinajstić information content (AvgIpc) is 3.53. The molecule has 32 heavy (non-hydrogen) atoms. The van der Waals surface area contributed by atoms with Crippen molar-refractivity contribution in [2.24, 2.45) is 0 Å². The van der Waals surface area contributed by atoms with E-state index in [4.69, 9.17) is 14.9 Å². The summed E-state index contributed by atoms with van der Waals surface area (Å²) in [5.74, 6) is -0.409. The Morgan fingerprint density at radius 2 is 1.88 bits per heavy atom. The maximum Gasteiger partial charge on any atom is 0.250 e. The van der Waals surface area contributed by atoms with Gasteiger partial charge in [-0.2, -0.15) is 5.10 Å². The van der Waals surface area contributed by atoms with Crippen LogP contribution < -0.4 is 5.73 Å². The van der Waals surface area contributed by atoms with E-state index in [1.807, 2.05) is 30.5 Å². The Bertz CT molecular complexity index is 1220. The number of benzene rings is 2. The van der Waals surface area contributed by atoms with Crippen molar-refractivity contribution in [2.45, 2.75) is 12.6 Å². The first-order valence-electron chi connectivity index (χ1n) is 10.2. The van der Waals surface area contributed by atoms with E-state index in [1.54, 1.807) is 40.3 Å². The summed E-state index contributed by atoms with van der Waals surface area (Å²) in [6.07, 6.45) is 5.05. The topological polar surface area (TPSA) is 86.5 Å². The smallest absolute Gasteiger partial charge is 0.250 e. The van der Waals surface area contributed by atoms with Crippen molar-refractivity contribution in [3.05, 3.63) is 90.3 Å². The number of furan rings is 1. The molecule has 2 N–H and O–H groups in total. The van der Waals surface area contributed by atoms with Gasteiger partial charge in [-0.3, -0.25) is 4.79 Å². The van der Waals surface area contributed by atoms with Crippen molar-refractivity contribution < 1.29 is 18.3 Å². The number of carbonyl (C=O) groups excluding carboxylic acids is 1. The van der Waals surface area contributed by atoms with Crippen molar-refractivity contribution in [3.8, 4) is 16.9 Å². The first-order chi connectivity index (χ1) is 15.6. The number of nitrogens with zero attached hydrogens (tertiary/aromatic N) is 3. The van der Waals surface area contributed by atoms with Crippen LogP contribution in [0.3, 0.4) is 0 Å². The van der Waals surface area contributed by atoms with Crippen LogP contribution in [0.5, 0.6) is 0 Å². The molecule has 1 fully saturated rings. The average molecular weight is 432 g/mol. The van der Waals surface area contributed by atoms with Crippen molar-refractivity contribution >= 4 is 11.6 Å². The predicted molar refractivity (Wildman–Crippen MR) is 116 cm³/mol. The molecular weight excluding hydrogens is 411 g/mol. The van der Waals surface area contributed by atoms with E-state index in [1.165, 1.54) is 12.1 Å². The molecule has 2 aromatic carbocycles. The fourth-order valence-electron chi connectivity index (χ4n) is 3.81. The molecule has 5 rings (SSSR count). The predicted octanol–water partition coefficient (Wildman–Crippen LogP) is 3.95. The van der Waals surface area contributed by atoms with Crippen molar-refractivity contribution in [1.82, 2.24) is 14.7 Å².